The lowest BCUT2D eigenvalue weighted by Crippen LogP contribution is -2.32. The molecule has 1 heterocycles. The minimum Gasteiger partial charge on any atom is -0.342 e. The SMILES string of the molecule is Cc1ccc(Nc2nc(Nc3ccc(C)cc3)nc(NC(C)C(=O)Nc3ccccc3)n2)cc1. The fourth-order valence-electron chi connectivity index (χ4n) is 3.12. The van der Waals surface area contributed by atoms with Gasteiger partial charge in [0.1, 0.15) is 6.04 Å². The minimum atomic E-state index is -0.581. The average Bonchev–Trinajstić information content (AvgIpc) is 2.82. The lowest BCUT2D eigenvalue weighted by molar-refractivity contribution is -0.116. The molecule has 0 spiro atoms. The molecule has 0 saturated heterocycles. The van der Waals surface area contributed by atoms with Crippen LogP contribution in [0.25, 0.3) is 0 Å². The van der Waals surface area contributed by atoms with E-state index in [4.69, 9.17) is 0 Å². The van der Waals surface area contributed by atoms with Crippen LogP contribution < -0.4 is 21.3 Å². The number of nitrogens with one attached hydrogen (secondary N) is 4. The second-order valence-electron chi connectivity index (χ2n) is 8.01. The standard InChI is InChI=1S/C26H27N7O/c1-17-9-13-21(14-10-17)29-25-31-24(27-19(3)23(34)28-20-7-5-4-6-8-20)32-26(33-25)30-22-15-11-18(2)12-16-22/h4-16,19H,1-3H3,(H,28,34)(H3,27,29,30,31,32,33). The molecule has 172 valence electrons. The Balaban J connectivity index is 1.55. The molecular formula is C26H27N7O. The first-order chi connectivity index (χ1) is 16.4. The Hall–Kier alpha value is -4.46. The molecule has 1 aromatic heterocycles. The van der Waals surface area contributed by atoms with Gasteiger partial charge in [-0.25, -0.2) is 0 Å². The molecule has 4 aromatic rings. The zero-order valence-electron chi connectivity index (χ0n) is 19.3. The highest BCUT2D eigenvalue weighted by molar-refractivity contribution is 5.96. The van der Waals surface area contributed by atoms with E-state index < -0.39 is 6.04 Å². The Morgan fingerprint density at radius 3 is 1.62 bits per heavy atom. The highest BCUT2D eigenvalue weighted by Crippen LogP contribution is 2.20. The number of carbonyl (C=O) groups excluding carboxylic acids is 1. The molecule has 4 N–H and O–H groups in total. The van der Waals surface area contributed by atoms with Crippen LogP contribution >= 0.6 is 0 Å². The number of hydrogen-bond donors (Lipinski definition) is 4. The molecule has 4 rings (SSSR count). The maximum Gasteiger partial charge on any atom is 0.246 e. The van der Waals surface area contributed by atoms with E-state index in [0.717, 1.165) is 28.2 Å². The molecule has 1 unspecified atom stereocenters. The second kappa shape index (κ2) is 10.4. The average molecular weight is 454 g/mol. The molecule has 0 aliphatic carbocycles. The molecule has 1 atom stereocenters. The number of carbonyl (C=O) groups is 1. The van der Waals surface area contributed by atoms with E-state index in [-0.39, 0.29) is 11.9 Å². The van der Waals surface area contributed by atoms with Crippen molar-refractivity contribution in [2.75, 3.05) is 21.3 Å². The quantitative estimate of drug-likeness (QED) is 0.283. The van der Waals surface area contributed by atoms with Crippen molar-refractivity contribution in [3.05, 3.63) is 90.0 Å². The molecule has 1 amide bonds. The fourth-order valence-corrected chi connectivity index (χ4v) is 3.12. The molecule has 0 fully saturated rings. The third kappa shape index (κ3) is 6.29. The number of benzene rings is 3. The predicted molar refractivity (Wildman–Crippen MR) is 137 cm³/mol. The van der Waals surface area contributed by atoms with Crippen molar-refractivity contribution in [3.8, 4) is 0 Å². The van der Waals surface area contributed by atoms with Crippen molar-refractivity contribution in [2.45, 2.75) is 26.8 Å². The minimum absolute atomic E-state index is 0.201. The number of para-hydroxylation sites is 1. The molecule has 0 radical (unpaired) electrons. The van der Waals surface area contributed by atoms with Crippen LogP contribution in [0.3, 0.4) is 0 Å². The van der Waals surface area contributed by atoms with Gasteiger partial charge >= 0.3 is 0 Å². The zero-order chi connectivity index (χ0) is 23.9. The van der Waals surface area contributed by atoms with Crippen molar-refractivity contribution in [3.63, 3.8) is 0 Å². The van der Waals surface area contributed by atoms with E-state index >= 15 is 0 Å². The highest BCUT2D eigenvalue weighted by Gasteiger charge is 2.16. The molecule has 0 saturated carbocycles. The van der Waals surface area contributed by atoms with Crippen molar-refractivity contribution in [1.29, 1.82) is 0 Å². The van der Waals surface area contributed by atoms with Gasteiger partial charge in [-0.1, -0.05) is 53.6 Å². The topological polar surface area (TPSA) is 104 Å². The van der Waals surface area contributed by atoms with Gasteiger partial charge in [0, 0.05) is 17.1 Å². The monoisotopic (exact) mass is 453 g/mol. The van der Waals surface area contributed by atoms with Crippen LogP contribution in [0, 0.1) is 13.8 Å². The summed E-state index contributed by atoms with van der Waals surface area (Å²) in [6, 6.07) is 24.5. The Morgan fingerprint density at radius 1 is 0.647 bits per heavy atom. The molecule has 8 nitrogen and oxygen atoms in total. The summed E-state index contributed by atoms with van der Waals surface area (Å²) in [5.74, 6) is 0.779. The third-order valence-electron chi connectivity index (χ3n) is 5.03. The van der Waals surface area contributed by atoms with Crippen LogP contribution in [0.1, 0.15) is 18.1 Å². The molecule has 8 heteroatoms. The number of hydrogen-bond acceptors (Lipinski definition) is 7. The summed E-state index contributed by atoms with van der Waals surface area (Å²) in [7, 11) is 0. The number of amides is 1. The number of anilines is 6. The van der Waals surface area contributed by atoms with Gasteiger partial charge in [0.25, 0.3) is 0 Å². The maximum atomic E-state index is 12.7. The van der Waals surface area contributed by atoms with Gasteiger partial charge in [-0.3, -0.25) is 4.79 Å². The smallest absolute Gasteiger partial charge is 0.246 e. The Bertz CT molecular complexity index is 1180. The predicted octanol–water partition coefficient (Wildman–Crippen LogP) is 5.41. The summed E-state index contributed by atoms with van der Waals surface area (Å²) in [4.78, 5) is 26.1. The van der Waals surface area contributed by atoms with E-state index in [9.17, 15) is 4.79 Å². The molecular weight excluding hydrogens is 426 g/mol. The van der Waals surface area contributed by atoms with Crippen LogP contribution in [0.2, 0.25) is 0 Å². The summed E-state index contributed by atoms with van der Waals surface area (Å²) in [6.07, 6.45) is 0. The van der Waals surface area contributed by atoms with Gasteiger partial charge < -0.3 is 21.3 Å². The van der Waals surface area contributed by atoms with E-state index in [1.165, 1.54) is 0 Å². The molecule has 0 aliphatic heterocycles. The van der Waals surface area contributed by atoms with Crippen LogP contribution in [0.4, 0.5) is 34.9 Å². The van der Waals surface area contributed by atoms with Gasteiger partial charge in [0.2, 0.25) is 23.8 Å². The van der Waals surface area contributed by atoms with E-state index in [1.807, 2.05) is 92.7 Å². The first kappa shape index (κ1) is 22.7. The van der Waals surface area contributed by atoms with E-state index in [0.29, 0.717) is 11.9 Å². The lowest BCUT2D eigenvalue weighted by Gasteiger charge is -2.16. The van der Waals surface area contributed by atoms with Gasteiger partial charge in [-0.05, 0) is 57.2 Å². The van der Waals surface area contributed by atoms with E-state index in [2.05, 4.69) is 36.2 Å². The molecule has 0 bridgehead atoms. The van der Waals surface area contributed by atoms with Crippen LogP contribution in [0.15, 0.2) is 78.9 Å². The van der Waals surface area contributed by atoms with E-state index in [1.54, 1.807) is 6.92 Å². The number of aryl methyl sites for hydroxylation is 2. The van der Waals surface area contributed by atoms with Crippen LogP contribution in [0.5, 0.6) is 0 Å². The highest BCUT2D eigenvalue weighted by atomic mass is 16.2. The number of rotatable bonds is 8. The van der Waals surface area contributed by atoms with Crippen LogP contribution in [-0.4, -0.2) is 26.9 Å². The number of aromatic nitrogens is 3. The Morgan fingerprint density at radius 2 is 1.12 bits per heavy atom. The summed E-state index contributed by atoms with van der Waals surface area (Å²) in [6.45, 7) is 5.81. The third-order valence-corrected chi connectivity index (χ3v) is 5.03. The first-order valence-electron chi connectivity index (χ1n) is 11.0. The van der Waals surface area contributed by atoms with Crippen LogP contribution in [-0.2, 0) is 4.79 Å². The van der Waals surface area contributed by atoms with Gasteiger partial charge in [0.15, 0.2) is 0 Å². The summed E-state index contributed by atoms with van der Waals surface area (Å²) in [5.41, 5.74) is 4.73. The molecule has 34 heavy (non-hydrogen) atoms. The lowest BCUT2D eigenvalue weighted by atomic mass is 10.2. The van der Waals surface area contributed by atoms with Gasteiger partial charge in [0.05, 0.1) is 0 Å². The Labute approximate surface area is 198 Å². The van der Waals surface area contributed by atoms with Crippen molar-refractivity contribution in [2.24, 2.45) is 0 Å². The summed E-state index contributed by atoms with van der Waals surface area (Å²) >= 11 is 0. The summed E-state index contributed by atoms with van der Waals surface area (Å²) in [5, 5.41) is 12.4. The largest absolute Gasteiger partial charge is 0.342 e. The summed E-state index contributed by atoms with van der Waals surface area (Å²) < 4.78 is 0. The van der Waals surface area contributed by atoms with Crippen molar-refractivity contribution < 1.29 is 4.79 Å². The van der Waals surface area contributed by atoms with Crippen molar-refractivity contribution in [1.82, 2.24) is 15.0 Å². The first-order valence-corrected chi connectivity index (χ1v) is 11.0. The molecule has 3 aromatic carbocycles. The van der Waals surface area contributed by atoms with Crippen molar-refractivity contribution >= 4 is 40.8 Å². The normalized spacial score (nSPS) is 11.4. The molecule has 0 aliphatic rings. The Kier molecular flexibility index (Phi) is 6.98. The zero-order valence-corrected chi connectivity index (χ0v) is 19.3. The fraction of sp³-hybridized carbons (Fsp3) is 0.154. The second-order valence-corrected chi connectivity index (χ2v) is 8.01. The number of nitrogens with zero attached hydrogens (tertiary/aromatic N) is 3. The van der Waals surface area contributed by atoms with Gasteiger partial charge in [-0.2, -0.15) is 15.0 Å². The van der Waals surface area contributed by atoms with Gasteiger partial charge in [-0.15, -0.1) is 0 Å². The maximum absolute atomic E-state index is 12.7.